The molecule has 1 aliphatic heterocycles. The Hall–Kier alpha value is -1.01. The quantitative estimate of drug-likeness (QED) is 0.785. The lowest BCUT2D eigenvalue weighted by Crippen LogP contribution is -2.45. The van der Waals surface area contributed by atoms with Crippen LogP contribution in [-0.4, -0.2) is 44.9 Å². The maximum absolute atomic E-state index is 12.3. The lowest BCUT2D eigenvalue weighted by molar-refractivity contribution is 0.0310. The van der Waals surface area contributed by atoms with Gasteiger partial charge in [0.05, 0.1) is 5.60 Å². The molecule has 0 spiro atoms. The molecule has 3 N–H and O–H groups in total. The Balaban J connectivity index is 1.63. The van der Waals surface area contributed by atoms with Gasteiger partial charge in [-0.1, -0.05) is 0 Å². The van der Waals surface area contributed by atoms with Gasteiger partial charge in [0.15, 0.2) is 5.69 Å². The number of thioether (sulfide) groups is 1. The van der Waals surface area contributed by atoms with E-state index in [0.717, 1.165) is 61.3 Å². The monoisotopic (exact) mass is 295 g/mol. The molecule has 1 aromatic rings. The molecule has 0 bridgehead atoms. The van der Waals surface area contributed by atoms with Crippen molar-refractivity contribution in [1.29, 1.82) is 0 Å². The summed E-state index contributed by atoms with van der Waals surface area (Å²) in [6, 6.07) is 0. The molecular formula is C14H21N3O2S. The first-order chi connectivity index (χ1) is 9.68. The van der Waals surface area contributed by atoms with Crippen LogP contribution in [0.4, 0.5) is 0 Å². The highest BCUT2D eigenvalue weighted by atomic mass is 32.2. The standard InChI is InChI=1S/C14H21N3O2S/c18-13(15-9-14(19)5-7-20-8-6-14)12-10-3-1-2-4-11(10)16-17-12/h19H,1-9H2,(H,15,18)(H,16,17). The Labute approximate surface area is 122 Å². The van der Waals surface area contributed by atoms with Crippen molar-refractivity contribution in [1.82, 2.24) is 15.5 Å². The van der Waals surface area contributed by atoms with Crippen molar-refractivity contribution in [3.05, 3.63) is 17.0 Å². The highest BCUT2D eigenvalue weighted by Crippen LogP contribution is 2.26. The van der Waals surface area contributed by atoms with E-state index in [9.17, 15) is 9.90 Å². The van der Waals surface area contributed by atoms with Gasteiger partial charge in [0.1, 0.15) is 0 Å². The minimum atomic E-state index is -0.739. The topological polar surface area (TPSA) is 78.0 Å². The van der Waals surface area contributed by atoms with Gasteiger partial charge < -0.3 is 10.4 Å². The fourth-order valence-corrected chi connectivity index (χ4v) is 4.18. The van der Waals surface area contributed by atoms with E-state index in [-0.39, 0.29) is 5.91 Å². The van der Waals surface area contributed by atoms with E-state index in [1.165, 1.54) is 0 Å². The minimum Gasteiger partial charge on any atom is -0.388 e. The van der Waals surface area contributed by atoms with Gasteiger partial charge >= 0.3 is 0 Å². The molecule has 0 unspecified atom stereocenters. The predicted octanol–water partition coefficient (Wildman–Crippen LogP) is 1.28. The van der Waals surface area contributed by atoms with E-state index in [0.29, 0.717) is 12.2 Å². The van der Waals surface area contributed by atoms with Gasteiger partial charge in [-0.3, -0.25) is 9.89 Å². The Morgan fingerprint density at radius 2 is 2.10 bits per heavy atom. The van der Waals surface area contributed by atoms with E-state index in [4.69, 9.17) is 0 Å². The third-order valence-electron chi connectivity index (χ3n) is 4.27. The molecule has 1 aliphatic carbocycles. The van der Waals surface area contributed by atoms with Gasteiger partial charge in [-0.2, -0.15) is 16.9 Å². The van der Waals surface area contributed by atoms with Gasteiger partial charge in [0.2, 0.25) is 0 Å². The van der Waals surface area contributed by atoms with E-state index < -0.39 is 5.60 Å². The highest BCUT2D eigenvalue weighted by Gasteiger charge is 2.31. The van der Waals surface area contributed by atoms with Crippen molar-refractivity contribution in [2.45, 2.75) is 44.1 Å². The summed E-state index contributed by atoms with van der Waals surface area (Å²) in [4.78, 5) is 12.3. The third kappa shape index (κ3) is 2.86. The van der Waals surface area contributed by atoms with Gasteiger partial charge in [-0.15, -0.1) is 0 Å². The lowest BCUT2D eigenvalue weighted by atomic mass is 9.95. The van der Waals surface area contributed by atoms with Crippen LogP contribution < -0.4 is 5.32 Å². The summed E-state index contributed by atoms with van der Waals surface area (Å²) in [5.41, 5.74) is 1.96. The first-order valence-electron chi connectivity index (χ1n) is 7.32. The molecule has 110 valence electrons. The zero-order valence-corrected chi connectivity index (χ0v) is 12.4. The van der Waals surface area contributed by atoms with Crippen molar-refractivity contribution in [2.75, 3.05) is 18.1 Å². The van der Waals surface area contributed by atoms with E-state index in [1.807, 2.05) is 11.8 Å². The Kier molecular flexibility index (Phi) is 4.03. The van der Waals surface area contributed by atoms with Crippen LogP contribution in [0, 0.1) is 0 Å². The van der Waals surface area contributed by atoms with Gasteiger partial charge in [0, 0.05) is 17.8 Å². The molecule has 5 nitrogen and oxygen atoms in total. The van der Waals surface area contributed by atoms with Crippen molar-refractivity contribution >= 4 is 17.7 Å². The maximum Gasteiger partial charge on any atom is 0.272 e. The van der Waals surface area contributed by atoms with Crippen LogP contribution in [0.2, 0.25) is 0 Å². The number of fused-ring (bicyclic) bond motifs is 1. The molecule has 2 aliphatic rings. The van der Waals surface area contributed by atoms with Crippen LogP contribution in [0.3, 0.4) is 0 Å². The van der Waals surface area contributed by atoms with Crippen molar-refractivity contribution in [3.63, 3.8) is 0 Å². The van der Waals surface area contributed by atoms with Crippen molar-refractivity contribution < 1.29 is 9.90 Å². The summed E-state index contributed by atoms with van der Waals surface area (Å²) >= 11 is 1.86. The molecule has 0 radical (unpaired) electrons. The number of nitrogens with one attached hydrogen (secondary N) is 2. The van der Waals surface area contributed by atoms with E-state index in [1.54, 1.807) is 0 Å². The first-order valence-corrected chi connectivity index (χ1v) is 8.48. The number of hydrogen-bond acceptors (Lipinski definition) is 4. The molecule has 2 heterocycles. The van der Waals surface area contributed by atoms with Crippen LogP contribution in [-0.2, 0) is 12.8 Å². The number of aromatic nitrogens is 2. The largest absolute Gasteiger partial charge is 0.388 e. The Morgan fingerprint density at radius 1 is 1.35 bits per heavy atom. The number of H-pyrrole nitrogens is 1. The molecule has 1 amide bonds. The normalized spacial score (nSPS) is 21.2. The number of hydrogen-bond donors (Lipinski definition) is 3. The average molecular weight is 295 g/mol. The van der Waals surface area contributed by atoms with Gasteiger partial charge in [-0.05, 0) is 50.0 Å². The van der Waals surface area contributed by atoms with Crippen molar-refractivity contribution in [2.24, 2.45) is 0 Å². The fraction of sp³-hybridized carbons (Fsp3) is 0.714. The van der Waals surface area contributed by atoms with Crippen LogP contribution in [0.25, 0.3) is 0 Å². The number of aliphatic hydroxyl groups is 1. The zero-order valence-electron chi connectivity index (χ0n) is 11.6. The van der Waals surface area contributed by atoms with Gasteiger partial charge in [0.25, 0.3) is 5.91 Å². The summed E-state index contributed by atoms with van der Waals surface area (Å²) in [7, 11) is 0. The van der Waals surface area contributed by atoms with Gasteiger partial charge in [-0.25, -0.2) is 0 Å². The number of carbonyl (C=O) groups excluding carboxylic acids is 1. The summed E-state index contributed by atoms with van der Waals surface area (Å²) in [6.45, 7) is 0.327. The SMILES string of the molecule is O=C(NCC1(O)CCSCC1)c1n[nH]c2c1CCCC2. The molecule has 20 heavy (non-hydrogen) atoms. The Bertz CT molecular complexity index is 495. The second-order valence-electron chi connectivity index (χ2n) is 5.76. The molecule has 0 atom stereocenters. The minimum absolute atomic E-state index is 0.156. The number of aromatic amines is 1. The number of nitrogens with zero attached hydrogens (tertiary/aromatic N) is 1. The zero-order chi connectivity index (χ0) is 14.0. The maximum atomic E-state index is 12.3. The molecular weight excluding hydrogens is 274 g/mol. The Morgan fingerprint density at radius 3 is 2.90 bits per heavy atom. The second kappa shape index (κ2) is 5.77. The summed E-state index contributed by atoms with van der Waals surface area (Å²) in [5.74, 6) is 1.77. The van der Waals surface area contributed by atoms with E-state index >= 15 is 0 Å². The predicted molar refractivity (Wildman–Crippen MR) is 79.1 cm³/mol. The summed E-state index contributed by atoms with van der Waals surface area (Å²) in [6.07, 6.45) is 5.68. The molecule has 0 aromatic carbocycles. The number of rotatable bonds is 3. The van der Waals surface area contributed by atoms with Crippen LogP contribution in [0.15, 0.2) is 0 Å². The van der Waals surface area contributed by atoms with Crippen LogP contribution in [0.1, 0.15) is 47.4 Å². The van der Waals surface area contributed by atoms with Crippen molar-refractivity contribution in [3.8, 4) is 0 Å². The highest BCUT2D eigenvalue weighted by molar-refractivity contribution is 7.99. The molecule has 1 saturated heterocycles. The second-order valence-corrected chi connectivity index (χ2v) is 6.98. The number of amides is 1. The summed E-state index contributed by atoms with van der Waals surface area (Å²) < 4.78 is 0. The summed E-state index contributed by atoms with van der Waals surface area (Å²) in [5, 5.41) is 20.4. The lowest BCUT2D eigenvalue weighted by Gasteiger charge is -2.31. The van der Waals surface area contributed by atoms with Crippen LogP contribution in [0.5, 0.6) is 0 Å². The molecule has 1 fully saturated rings. The number of carbonyl (C=O) groups is 1. The molecule has 6 heteroatoms. The molecule has 0 saturated carbocycles. The fourth-order valence-electron chi connectivity index (χ4n) is 2.93. The van der Waals surface area contributed by atoms with E-state index in [2.05, 4.69) is 15.5 Å². The third-order valence-corrected chi connectivity index (χ3v) is 5.26. The first kappa shape index (κ1) is 13.9. The average Bonchev–Trinajstić information content (AvgIpc) is 2.90. The smallest absolute Gasteiger partial charge is 0.272 e. The molecule has 3 rings (SSSR count). The van der Waals surface area contributed by atoms with Crippen LogP contribution >= 0.6 is 11.8 Å². The number of aryl methyl sites for hydroxylation is 1. The molecule has 1 aromatic heterocycles.